The number of hydrogen-bond acceptors (Lipinski definition) is 2. The Morgan fingerprint density at radius 2 is 2.20 bits per heavy atom. The Kier molecular flexibility index (Phi) is 4.26. The molecule has 1 unspecified atom stereocenters. The predicted molar refractivity (Wildman–Crippen MR) is 57.7 cm³/mol. The second kappa shape index (κ2) is 5.47. The molecule has 0 aliphatic heterocycles. The van der Waals surface area contributed by atoms with E-state index in [-0.39, 0.29) is 5.82 Å². The number of rotatable bonds is 4. The Bertz CT molecular complexity index is 368. The SMILES string of the molecule is CCC(C)NCc1cc(F)cc(C#N)c1. The molecular formula is C12H15FN2. The van der Waals surface area contributed by atoms with Gasteiger partial charge in [-0.2, -0.15) is 5.26 Å². The van der Waals surface area contributed by atoms with Crippen LogP contribution >= 0.6 is 0 Å². The maximum absolute atomic E-state index is 13.0. The second-order valence-electron chi connectivity index (χ2n) is 3.65. The monoisotopic (exact) mass is 206 g/mol. The zero-order chi connectivity index (χ0) is 11.3. The first-order valence-electron chi connectivity index (χ1n) is 5.08. The van der Waals surface area contributed by atoms with Gasteiger partial charge in [-0.05, 0) is 37.1 Å². The molecule has 0 aromatic heterocycles. The largest absolute Gasteiger partial charge is 0.310 e. The third-order valence-corrected chi connectivity index (χ3v) is 2.35. The highest BCUT2D eigenvalue weighted by Gasteiger charge is 2.02. The highest BCUT2D eigenvalue weighted by atomic mass is 19.1. The van der Waals surface area contributed by atoms with Gasteiger partial charge in [0, 0.05) is 12.6 Å². The summed E-state index contributed by atoms with van der Waals surface area (Å²) in [6.07, 6.45) is 1.03. The summed E-state index contributed by atoms with van der Waals surface area (Å²) >= 11 is 0. The van der Waals surface area contributed by atoms with Gasteiger partial charge < -0.3 is 5.32 Å². The molecule has 1 N–H and O–H groups in total. The van der Waals surface area contributed by atoms with E-state index in [4.69, 9.17) is 5.26 Å². The lowest BCUT2D eigenvalue weighted by Gasteiger charge is -2.11. The standard InChI is InChI=1S/C12H15FN2/c1-3-9(2)15-8-11-4-10(7-14)5-12(13)6-11/h4-6,9,15H,3,8H2,1-2H3. The predicted octanol–water partition coefficient (Wildman–Crippen LogP) is 2.59. The Balaban J connectivity index is 2.69. The summed E-state index contributed by atoms with van der Waals surface area (Å²) < 4.78 is 13.0. The lowest BCUT2D eigenvalue weighted by Crippen LogP contribution is -2.24. The van der Waals surface area contributed by atoms with E-state index < -0.39 is 0 Å². The summed E-state index contributed by atoms with van der Waals surface area (Å²) in [5, 5.41) is 11.9. The number of nitrogens with zero attached hydrogens (tertiary/aromatic N) is 1. The fraction of sp³-hybridized carbons (Fsp3) is 0.417. The maximum atomic E-state index is 13.0. The molecule has 0 aliphatic carbocycles. The van der Waals surface area contributed by atoms with E-state index >= 15 is 0 Å². The van der Waals surface area contributed by atoms with Gasteiger partial charge in [-0.3, -0.25) is 0 Å². The van der Waals surface area contributed by atoms with Gasteiger partial charge in [0.05, 0.1) is 11.6 Å². The van der Waals surface area contributed by atoms with Gasteiger partial charge in [-0.1, -0.05) is 6.92 Å². The average Bonchev–Trinajstić information content (AvgIpc) is 2.25. The van der Waals surface area contributed by atoms with Crippen molar-refractivity contribution in [1.82, 2.24) is 5.32 Å². The molecule has 1 aromatic carbocycles. The zero-order valence-electron chi connectivity index (χ0n) is 9.05. The maximum Gasteiger partial charge on any atom is 0.124 e. The Hall–Kier alpha value is -1.40. The third kappa shape index (κ3) is 3.69. The first kappa shape index (κ1) is 11.7. The molecular weight excluding hydrogens is 191 g/mol. The Labute approximate surface area is 89.7 Å². The molecule has 0 bridgehead atoms. The summed E-state index contributed by atoms with van der Waals surface area (Å²) in [5.74, 6) is -0.352. The molecule has 0 radical (unpaired) electrons. The highest BCUT2D eigenvalue weighted by Crippen LogP contribution is 2.08. The van der Waals surface area contributed by atoms with Gasteiger partial charge >= 0.3 is 0 Å². The van der Waals surface area contributed by atoms with E-state index in [2.05, 4.69) is 19.2 Å². The minimum Gasteiger partial charge on any atom is -0.310 e. The molecule has 0 fully saturated rings. The van der Waals surface area contributed by atoms with E-state index in [1.54, 1.807) is 6.07 Å². The second-order valence-corrected chi connectivity index (χ2v) is 3.65. The van der Waals surface area contributed by atoms with Crippen molar-refractivity contribution >= 4 is 0 Å². The fourth-order valence-electron chi connectivity index (χ4n) is 1.25. The number of benzene rings is 1. The molecule has 1 aromatic rings. The molecule has 3 heteroatoms. The minimum absolute atomic E-state index is 0.352. The minimum atomic E-state index is -0.352. The van der Waals surface area contributed by atoms with Gasteiger partial charge in [0.15, 0.2) is 0 Å². The quantitative estimate of drug-likeness (QED) is 0.821. The van der Waals surface area contributed by atoms with Crippen LogP contribution in [0.25, 0.3) is 0 Å². The topological polar surface area (TPSA) is 35.8 Å². The molecule has 0 amide bonds. The van der Waals surface area contributed by atoms with Gasteiger partial charge in [0.2, 0.25) is 0 Å². The van der Waals surface area contributed by atoms with E-state index in [1.165, 1.54) is 12.1 Å². The number of hydrogen-bond donors (Lipinski definition) is 1. The summed E-state index contributed by atoms with van der Waals surface area (Å²) in [6.45, 7) is 4.76. The number of nitriles is 1. The van der Waals surface area contributed by atoms with Gasteiger partial charge in [0.25, 0.3) is 0 Å². The summed E-state index contributed by atoms with van der Waals surface area (Å²) in [7, 11) is 0. The third-order valence-electron chi connectivity index (χ3n) is 2.35. The van der Waals surface area contributed by atoms with Crippen molar-refractivity contribution < 1.29 is 4.39 Å². The highest BCUT2D eigenvalue weighted by molar-refractivity contribution is 5.33. The lowest BCUT2D eigenvalue weighted by atomic mass is 10.1. The molecule has 1 rings (SSSR count). The van der Waals surface area contributed by atoms with Crippen molar-refractivity contribution in [3.63, 3.8) is 0 Å². The van der Waals surface area contributed by atoms with Crippen molar-refractivity contribution in [3.05, 3.63) is 35.1 Å². The van der Waals surface area contributed by atoms with Crippen molar-refractivity contribution in [2.45, 2.75) is 32.9 Å². The van der Waals surface area contributed by atoms with Crippen LogP contribution in [0.15, 0.2) is 18.2 Å². The normalized spacial score (nSPS) is 12.1. The van der Waals surface area contributed by atoms with Crippen molar-refractivity contribution in [2.75, 3.05) is 0 Å². The van der Waals surface area contributed by atoms with Crippen LogP contribution in [0.1, 0.15) is 31.4 Å². The van der Waals surface area contributed by atoms with Gasteiger partial charge in [0.1, 0.15) is 5.82 Å². The summed E-state index contributed by atoms with van der Waals surface area (Å²) in [5.41, 5.74) is 1.18. The molecule has 0 aliphatic rings. The Morgan fingerprint density at radius 3 is 2.80 bits per heavy atom. The number of halogens is 1. The van der Waals surface area contributed by atoms with Crippen LogP contribution < -0.4 is 5.32 Å². The van der Waals surface area contributed by atoms with Crippen LogP contribution in [0.4, 0.5) is 4.39 Å². The van der Waals surface area contributed by atoms with Crippen LogP contribution in [-0.4, -0.2) is 6.04 Å². The average molecular weight is 206 g/mol. The molecule has 1 atom stereocenters. The van der Waals surface area contributed by atoms with Crippen molar-refractivity contribution in [2.24, 2.45) is 0 Å². The fourth-order valence-corrected chi connectivity index (χ4v) is 1.25. The van der Waals surface area contributed by atoms with Crippen LogP contribution in [0.2, 0.25) is 0 Å². The number of nitrogens with one attached hydrogen (secondary N) is 1. The molecule has 0 saturated carbocycles. The van der Waals surface area contributed by atoms with Crippen molar-refractivity contribution in [1.29, 1.82) is 5.26 Å². The molecule has 0 heterocycles. The van der Waals surface area contributed by atoms with E-state index in [9.17, 15) is 4.39 Å². The molecule has 0 spiro atoms. The zero-order valence-corrected chi connectivity index (χ0v) is 9.05. The first-order chi connectivity index (χ1) is 7.15. The molecule has 80 valence electrons. The smallest absolute Gasteiger partial charge is 0.124 e. The van der Waals surface area contributed by atoms with E-state index in [0.29, 0.717) is 18.2 Å². The van der Waals surface area contributed by atoms with Crippen LogP contribution in [0, 0.1) is 17.1 Å². The summed E-state index contributed by atoms with van der Waals surface area (Å²) in [4.78, 5) is 0. The molecule has 2 nitrogen and oxygen atoms in total. The Morgan fingerprint density at radius 1 is 1.47 bits per heavy atom. The molecule has 0 saturated heterocycles. The van der Waals surface area contributed by atoms with Gasteiger partial charge in [-0.15, -0.1) is 0 Å². The van der Waals surface area contributed by atoms with E-state index in [1.807, 2.05) is 6.07 Å². The molecule has 15 heavy (non-hydrogen) atoms. The van der Waals surface area contributed by atoms with Crippen molar-refractivity contribution in [3.8, 4) is 6.07 Å². The van der Waals surface area contributed by atoms with Crippen LogP contribution in [-0.2, 0) is 6.54 Å². The van der Waals surface area contributed by atoms with Gasteiger partial charge in [-0.25, -0.2) is 4.39 Å². The van der Waals surface area contributed by atoms with Crippen LogP contribution in [0.3, 0.4) is 0 Å². The summed E-state index contributed by atoms with van der Waals surface area (Å²) in [6, 6.07) is 6.75. The first-order valence-corrected chi connectivity index (χ1v) is 5.08. The lowest BCUT2D eigenvalue weighted by molar-refractivity contribution is 0.532. The van der Waals surface area contributed by atoms with E-state index in [0.717, 1.165) is 12.0 Å². The van der Waals surface area contributed by atoms with Crippen LogP contribution in [0.5, 0.6) is 0 Å².